The summed E-state index contributed by atoms with van der Waals surface area (Å²) in [6.45, 7) is 6.55. The number of oxime groups is 1. The molecule has 9 heteroatoms. The van der Waals surface area contributed by atoms with Gasteiger partial charge in [0, 0.05) is 31.5 Å². The molecule has 2 saturated heterocycles. The second-order valence-corrected chi connectivity index (χ2v) is 10.2. The van der Waals surface area contributed by atoms with E-state index in [0.29, 0.717) is 17.2 Å². The van der Waals surface area contributed by atoms with E-state index >= 15 is 0 Å². The SMILES string of the molecule is CO/N=C(\C1=CSC(C)N1)C1CCN(C(=O)C2CCN(CC3=CC(N)NC=C3)CC2)CC1. The van der Waals surface area contributed by atoms with E-state index in [1.54, 1.807) is 18.9 Å². The molecular formula is C23H36N6O2S. The minimum absolute atomic E-state index is 0.102. The molecule has 0 radical (unpaired) electrons. The van der Waals surface area contributed by atoms with E-state index in [9.17, 15) is 4.79 Å². The molecule has 4 aliphatic rings. The predicted molar refractivity (Wildman–Crippen MR) is 130 cm³/mol. The number of thioether (sulfide) groups is 1. The first-order valence-electron chi connectivity index (χ1n) is 11.7. The number of nitrogens with zero attached hydrogens (tertiary/aromatic N) is 3. The molecule has 1 amide bonds. The number of nitrogens with two attached hydrogens (primary N) is 1. The van der Waals surface area contributed by atoms with Crippen molar-refractivity contribution in [2.75, 3.05) is 39.8 Å². The summed E-state index contributed by atoms with van der Waals surface area (Å²) in [6, 6.07) is 0. The van der Waals surface area contributed by atoms with Crippen molar-refractivity contribution in [2.24, 2.45) is 22.7 Å². The number of allylic oxidation sites excluding steroid dienone is 1. The van der Waals surface area contributed by atoms with E-state index < -0.39 is 0 Å². The molecule has 0 bridgehead atoms. The van der Waals surface area contributed by atoms with Gasteiger partial charge in [-0.3, -0.25) is 9.69 Å². The quantitative estimate of drug-likeness (QED) is 0.411. The molecule has 0 aromatic rings. The van der Waals surface area contributed by atoms with E-state index in [0.717, 1.165) is 69.8 Å². The largest absolute Gasteiger partial charge is 0.399 e. The number of carbonyl (C=O) groups is 1. The lowest BCUT2D eigenvalue weighted by Crippen LogP contribution is -2.47. The fraction of sp³-hybridized carbons (Fsp3) is 0.652. The number of hydrogen-bond donors (Lipinski definition) is 3. The molecule has 0 saturated carbocycles. The summed E-state index contributed by atoms with van der Waals surface area (Å²) in [6.07, 6.45) is 9.70. The highest BCUT2D eigenvalue weighted by Crippen LogP contribution is 2.29. The molecule has 176 valence electrons. The summed E-state index contributed by atoms with van der Waals surface area (Å²) >= 11 is 1.76. The van der Waals surface area contributed by atoms with Gasteiger partial charge >= 0.3 is 0 Å². The van der Waals surface area contributed by atoms with E-state index in [1.807, 2.05) is 6.20 Å². The Hall–Kier alpha value is -1.97. The number of dihydropyridines is 1. The van der Waals surface area contributed by atoms with Crippen molar-refractivity contribution < 1.29 is 9.63 Å². The highest BCUT2D eigenvalue weighted by Gasteiger charge is 2.33. The molecular weight excluding hydrogens is 424 g/mol. The Morgan fingerprint density at radius 1 is 1.22 bits per heavy atom. The molecule has 2 fully saturated rings. The average Bonchev–Trinajstić information content (AvgIpc) is 3.23. The van der Waals surface area contributed by atoms with Gasteiger partial charge in [0.1, 0.15) is 12.8 Å². The van der Waals surface area contributed by atoms with Crippen LogP contribution in [0.1, 0.15) is 32.6 Å². The zero-order chi connectivity index (χ0) is 22.5. The molecule has 0 aliphatic carbocycles. The van der Waals surface area contributed by atoms with Crippen LogP contribution in [-0.4, -0.2) is 72.8 Å². The molecule has 0 spiro atoms. The maximum absolute atomic E-state index is 13.2. The third-order valence-electron chi connectivity index (χ3n) is 6.73. The van der Waals surface area contributed by atoms with Gasteiger partial charge in [0.05, 0.1) is 17.2 Å². The Kier molecular flexibility index (Phi) is 7.80. The van der Waals surface area contributed by atoms with Crippen LogP contribution in [0.5, 0.6) is 0 Å². The normalized spacial score (nSPS) is 28.1. The summed E-state index contributed by atoms with van der Waals surface area (Å²) in [5.74, 6) is 0.799. The number of rotatable bonds is 6. The number of nitrogens with one attached hydrogen (secondary N) is 2. The van der Waals surface area contributed by atoms with Gasteiger partial charge in [0.25, 0.3) is 0 Å². The fourth-order valence-electron chi connectivity index (χ4n) is 4.97. The van der Waals surface area contributed by atoms with E-state index in [-0.39, 0.29) is 12.1 Å². The van der Waals surface area contributed by atoms with E-state index in [4.69, 9.17) is 10.6 Å². The first-order chi connectivity index (χ1) is 15.5. The Morgan fingerprint density at radius 2 is 1.94 bits per heavy atom. The Balaban J connectivity index is 1.24. The number of carbonyl (C=O) groups excluding carboxylic acids is 1. The van der Waals surface area contributed by atoms with Gasteiger partial charge in [-0.2, -0.15) is 0 Å². The summed E-state index contributed by atoms with van der Waals surface area (Å²) in [4.78, 5) is 22.8. The zero-order valence-corrected chi connectivity index (χ0v) is 19.9. The van der Waals surface area contributed by atoms with Crippen LogP contribution in [0.2, 0.25) is 0 Å². The lowest BCUT2D eigenvalue weighted by atomic mass is 9.88. The number of amides is 1. The summed E-state index contributed by atoms with van der Waals surface area (Å²) < 4.78 is 0. The van der Waals surface area contributed by atoms with Gasteiger partial charge in [-0.05, 0) is 75.0 Å². The molecule has 4 rings (SSSR count). The van der Waals surface area contributed by atoms with Crippen molar-refractivity contribution in [1.82, 2.24) is 20.4 Å². The van der Waals surface area contributed by atoms with Gasteiger partial charge in [-0.15, -0.1) is 11.8 Å². The van der Waals surface area contributed by atoms with Crippen molar-refractivity contribution in [1.29, 1.82) is 0 Å². The van der Waals surface area contributed by atoms with Gasteiger partial charge in [0.2, 0.25) is 5.91 Å². The topological polar surface area (TPSA) is 95.2 Å². The van der Waals surface area contributed by atoms with Crippen molar-refractivity contribution in [3.8, 4) is 0 Å². The molecule has 2 atom stereocenters. The van der Waals surface area contributed by atoms with Crippen LogP contribution in [0.15, 0.2) is 40.2 Å². The lowest BCUT2D eigenvalue weighted by Gasteiger charge is -2.37. The van der Waals surface area contributed by atoms with Crippen LogP contribution in [-0.2, 0) is 9.63 Å². The molecule has 0 aromatic carbocycles. The average molecular weight is 461 g/mol. The third-order valence-corrected chi connectivity index (χ3v) is 7.63. The smallest absolute Gasteiger partial charge is 0.225 e. The molecule has 4 aliphatic heterocycles. The number of likely N-dealkylation sites (tertiary alicyclic amines) is 2. The van der Waals surface area contributed by atoms with Gasteiger partial charge < -0.3 is 26.1 Å². The fourth-order valence-corrected chi connectivity index (χ4v) is 5.69. The molecule has 4 N–H and O–H groups in total. The Labute approximate surface area is 195 Å². The molecule has 32 heavy (non-hydrogen) atoms. The minimum Gasteiger partial charge on any atom is -0.399 e. The maximum Gasteiger partial charge on any atom is 0.225 e. The maximum atomic E-state index is 13.2. The Morgan fingerprint density at radius 3 is 2.56 bits per heavy atom. The first kappa shape index (κ1) is 23.2. The van der Waals surface area contributed by atoms with Crippen molar-refractivity contribution >= 4 is 23.4 Å². The van der Waals surface area contributed by atoms with Crippen molar-refractivity contribution in [2.45, 2.75) is 44.1 Å². The van der Waals surface area contributed by atoms with Gasteiger partial charge in [-0.25, -0.2) is 0 Å². The van der Waals surface area contributed by atoms with Crippen LogP contribution in [0, 0.1) is 11.8 Å². The Bertz CT molecular complexity index is 794. The van der Waals surface area contributed by atoms with Crippen LogP contribution in [0.3, 0.4) is 0 Å². The lowest BCUT2D eigenvalue weighted by molar-refractivity contribution is -0.138. The predicted octanol–water partition coefficient (Wildman–Crippen LogP) is 1.79. The molecule has 0 aromatic heterocycles. The number of hydrogen-bond acceptors (Lipinski definition) is 8. The molecule has 2 unspecified atom stereocenters. The van der Waals surface area contributed by atoms with Gasteiger partial charge in [-0.1, -0.05) is 5.16 Å². The summed E-state index contributed by atoms with van der Waals surface area (Å²) in [5, 5.41) is 13.4. The number of piperidine rings is 2. The van der Waals surface area contributed by atoms with Crippen molar-refractivity contribution in [3.05, 3.63) is 35.0 Å². The van der Waals surface area contributed by atoms with E-state index in [2.05, 4.69) is 50.1 Å². The van der Waals surface area contributed by atoms with E-state index in [1.165, 1.54) is 5.57 Å². The highest BCUT2D eigenvalue weighted by molar-refractivity contribution is 8.02. The monoisotopic (exact) mass is 460 g/mol. The van der Waals surface area contributed by atoms with Crippen LogP contribution in [0.4, 0.5) is 0 Å². The first-order valence-corrected chi connectivity index (χ1v) is 12.6. The van der Waals surface area contributed by atoms with Gasteiger partial charge in [0.15, 0.2) is 0 Å². The molecule has 8 nitrogen and oxygen atoms in total. The third kappa shape index (κ3) is 5.68. The minimum atomic E-state index is -0.102. The zero-order valence-electron chi connectivity index (χ0n) is 19.1. The van der Waals surface area contributed by atoms with Crippen LogP contribution in [0.25, 0.3) is 0 Å². The molecule has 4 heterocycles. The standard InChI is InChI=1S/C23H36N6O2S/c1-16-26-20(15-32-16)22(27-31-2)18-6-11-29(12-7-18)23(30)19-4-9-28(10-5-19)14-17-3-8-25-21(24)13-17/h3,8,13,15-16,18-19,21,25-26H,4-7,9-12,14,24H2,1-2H3/b27-22-. The highest BCUT2D eigenvalue weighted by atomic mass is 32.2. The summed E-state index contributed by atoms with van der Waals surface area (Å²) in [5.41, 5.74) is 9.24. The summed E-state index contributed by atoms with van der Waals surface area (Å²) in [7, 11) is 1.60. The second kappa shape index (κ2) is 10.8. The van der Waals surface area contributed by atoms with Crippen molar-refractivity contribution in [3.63, 3.8) is 0 Å². The second-order valence-electron chi connectivity index (χ2n) is 9.03. The van der Waals surface area contributed by atoms with Crippen LogP contribution < -0.4 is 16.4 Å². The van der Waals surface area contributed by atoms with Crippen LogP contribution >= 0.6 is 11.8 Å².